The quantitative estimate of drug-likeness (QED) is 0.720. The molecule has 0 saturated heterocycles. The van der Waals surface area contributed by atoms with Crippen molar-refractivity contribution in [1.82, 2.24) is 14.7 Å². The van der Waals surface area contributed by atoms with Crippen LogP contribution in [0, 0.1) is 13.8 Å². The second-order valence-electron chi connectivity index (χ2n) is 4.28. The number of hydrogen-bond acceptors (Lipinski definition) is 4. The van der Waals surface area contributed by atoms with Crippen LogP contribution in [-0.4, -0.2) is 47.3 Å². The molecule has 0 aliphatic carbocycles. The first-order valence-corrected chi connectivity index (χ1v) is 5.66. The lowest BCUT2D eigenvalue weighted by Crippen LogP contribution is -2.33. The summed E-state index contributed by atoms with van der Waals surface area (Å²) in [4.78, 5) is 24.4. The monoisotopic (exact) mass is 253 g/mol. The molecule has 0 spiro atoms. The lowest BCUT2D eigenvalue weighted by Gasteiger charge is -2.15. The van der Waals surface area contributed by atoms with Crippen LogP contribution in [0.3, 0.4) is 0 Å². The summed E-state index contributed by atoms with van der Waals surface area (Å²) < 4.78 is 6.27. The third-order valence-corrected chi connectivity index (χ3v) is 3.01. The molecule has 0 aromatic carbocycles. The summed E-state index contributed by atoms with van der Waals surface area (Å²) in [6, 6.07) is 0. The fourth-order valence-corrected chi connectivity index (χ4v) is 1.71. The van der Waals surface area contributed by atoms with Crippen LogP contribution in [0.15, 0.2) is 0 Å². The van der Waals surface area contributed by atoms with Gasteiger partial charge in [-0.1, -0.05) is 0 Å². The van der Waals surface area contributed by atoms with E-state index < -0.39 is 5.97 Å². The Balaban J connectivity index is 2.72. The van der Waals surface area contributed by atoms with E-state index in [9.17, 15) is 9.59 Å². The summed E-state index contributed by atoms with van der Waals surface area (Å²) in [5.74, 6) is -0.551. The van der Waals surface area contributed by atoms with Crippen molar-refractivity contribution in [2.45, 2.75) is 20.3 Å². The number of aryl methyl sites for hydroxylation is 2. The zero-order valence-electron chi connectivity index (χ0n) is 11.5. The molecule has 0 fully saturated rings. The van der Waals surface area contributed by atoms with Crippen molar-refractivity contribution in [3.05, 3.63) is 17.0 Å². The molecular formula is C12H19N3O3. The lowest BCUT2D eigenvalue weighted by molar-refractivity contribution is -0.145. The Hall–Kier alpha value is -1.85. The predicted molar refractivity (Wildman–Crippen MR) is 66.0 cm³/mol. The zero-order chi connectivity index (χ0) is 13.9. The Bertz CT molecular complexity index is 465. The molecule has 18 heavy (non-hydrogen) atoms. The standard InChI is InChI=1S/C12H19N3O3/c1-8-10(9(2)15(4)13-8)6-11(16)14(3)7-12(17)18-5/h6-7H2,1-5H3. The van der Waals surface area contributed by atoms with Crippen LogP contribution < -0.4 is 0 Å². The van der Waals surface area contributed by atoms with Gasteiger partial charge in [-0.15, -0.1) is 0 Å². The van der Waals surface area contributed by atoms with Gasteiger partial charge in [-0.3, -0.25) is 14.3 Å². The van der Waals surface area contributed by atoms with Gasteiger partial charge in [-0.25, -0.2) is 0 Å². The molecule has 0 atom stereocenters. The number of likely N-dealkylation sites (N-methyl/N-ethyl adjacent to an activating group) is 1. The molecule has 0 saturated carbocycles. The predicted octanol–water partition coefficient (Wildman–Crippen LogP) is 0.211. The molecule has 0 aliphatic heterocycles. The molecule has 100 valence electrons. The molecule has 0 N–H and O–H groups in total. The topological polar surface area (TPSA) is 64.4 Å². The molecule has 0 radical (unpaired) electrons. The van der Waals surface area contributed by atoms with Crippen LogP contribution in [0.2, 0.25) is 0 Å². The van der Waals surface area contributed by atoms with E-state index >= 15 is 0 Å². The number of methoxy groups -OCH3 is 1. The Kier molecular flexibility index (Phi) is 4.47. The highest BCUT2D eigenvalue weighted by atomic mass is 16.5. The molecule has 1 aromatic heterocycles. The molecule has 6 nitrogen and oxygen atoms in total. The van der Waals surface area contributed by atoms with E-state index in [0.717, 1.165) is 17.0 Å². The Morgan fingerprint density at radius 1 is 1.39 bits per heavy atom. The smallest absolute Gasteiger partial charge is 0.325 e. The van der Waals surface area contributed by atoms with Crippen molar-refractivity contribution in [2.75, 3.05) is 20.7 Å². The van der Waals surface area contributed by atoms with Crippen molar-refractivity contribution in [2.24, 2.45) is 7.05 Å². The number of carbonyl (C=O) groups excluding carboxylic acids is 2. The van der Waals surface area contributed by atoms with Gasteiger partial charge in [0.25, 0.3) is 0 Å². The van der Waals surface area contributed by atoms with Gasteiger partial charge < -0.3 is 9.64 Å². The molecule has 0 bridgehead atoms. The second kappa shape index (κ2) is 5.66. The minimum Gasteiger partial charge on any atom is -0.468 e. The Labute approximate surface area is 107 Å². The summed E-state index contributed by atoms with van der Waals surface area (Å²) in [5, 5.41) is 4.25. The number of esters is 1. The van der Waals surface area contributed by atoms with Gasteiger partial charge in [0, 0.05) is 25.4 Å². The van der Waals surface area contributed by atoms with E-state index in [1.807, 2.05) is 20.9 Å². The Morgan fingerprint density at radius 2 is 2.00 bits per heavy atom. The minimum absolute atomic E-state index is 0.0340. The van der Waals surface area contributed by atoms with Gasteiger partial charge in [-0.2, -0.15) is 5.10 Å². The van der Waals surface area contributed by atoms with Gasteiger partial charge in [0.05, 0.1) is 19.2 Å². The number of hydrogen-bond donors (Lipinski definition) is 0. The van der Waals surface area contributed by atoms with Crippen molar-refractivity contribution < 1.29 is 14.3 Å². The zero-order valence-corrected chi connectivity index (χ0v) is 11.5. The van der Waals surface area contributed by atoms with Crippen LogP contribution >= 0.6 is 0 Å². The van der Waals surface area contributed by atoms with Crippen LogP contribution in [0.4, 0.5) is 0 Å². The Morgan fingerprint density at radius 3 is 2.44 bits per heavy atom. The highest BCUT2D eigenvalue weighted by molar-refractivity contribution is 5.83. The number of nitrogens with zero attached hydrogens (tertiary/aromatic N) is 3. The van der Waals surface area contributed by atoms with E-state index in [-0.39, 0.29) is 18.9 Å². The van der Waals surface area contributed by atoms with E-state index in [0.29, 0.717) is 0 Å². The fourth-order valence-electron chi connectivity index (χ4n) is 1.71. The number of carbonyl (C=O) groups is 2. The van der Waals surface area contributed by atoms with Crippen molar-refractivity contribution >= 4 is 11.9 Å². The largest absolute Gasteiger partial charge is 0.468 e. The summed E-state index contributed by atoms with van der Waals surface area (Å²) >= 11 is 0. The maximum Gasteiger partial charge on any atom is 0.325 e. The normalized spacial score (nSPS) is 10.3. The molecule has 0 unspecified atom stereocenters. The maximum atomic E-state index is 12.0. The van der Waals surface area contributed by atoms with Crippen LogP contribution in [-0.2, 0) is 27.8 Å². The molecule has 6 heteroatoms. The molecule has 1 aromatic rings. The minimum atomic E-state index is -0.425. The average Bonchev–Trinajstić information content (AvgIpc) is 2.55. The summed E-state index contributed by atoms with van der Waals surface area (Å²) in [5.41, 5.74) is 2.72. The summed E-state index contributed by atoms with van der Waals surface area (Å²) in [6.45, 7) is 3.76. The van der Waals surface area contributed by atoms with E-state index in [1.54, 1.807) is 11.7 Å². The van der Waals surface area contributed by atoms with Crippen LogP contribution in [0.25, 0.3) is 0 Å². The highest BCUT2D eigenvalue weighted by Crippen LogP contribution is 2.13. The first-order valence-electron chi connectivity index (χ1n) is 5.66. The van der Waals surface area contributed by atoms with Gasteiger partial charge in [0.15, 0.2) is 0 Å². The third-order valence-electron chi connectivity index (χ3n) is 3.01. The fraction of sp³-hybridized carbons (Fsp3) is 0.583. The number of aromatic nitrogens is 2. The SMILES string of the molecule is COC(=O)CN(C)C(=O)Cc1c(C)nn(C)c1C. The maximum absolute atomic E-state index is 12.0. The molecule has 1 rings (SSSR count). The van der Waals surface area contributed by atoms with Crippen LogP contribution in [0.5, 0.6) is 0 Å². The molecular weight excluding hydrogens is 234 g/mol. The van der Waals surface area contributed by atoms with Gasteiger partial charge in [0.2, 0.25) is 5.91 Å². The van der Waals surface area contributed by atoms with E-state index in [2.05, 4.69) is 9.84 Å². The van der Waals surface area contributed by atoms with Gasteiger partial charge >= 0.3 is 5.97 Å². The number of ether oxygens (including phenoxy) is 1. The van der Waals surface area contributed by atoms with E-state index in [4.69, 9.17) is 0 Å². The third kappa shape index (κ3) is 3.09. The van der Waals surface area contributed by atoms with Crippen LogP contribution in [0.1, 0.15) is 17.0 Å². The summed E-state index contributed by atoms with van der Waals surface area (Å²) in [7, 11) is 4.73. The lowest BCUT2D eigenvalue weighted by atomic mass is 10.1. The molecule has 1 heterocycles. The molecule has 1 amide bonds. The van der Waals surface area contributed by atoms with Gasteiger partial charge in [-0.05, 0) is 13.8 Å². The molecule has 0 aliphatic rings. The van der Waals surface area contributed by atoms with Gasteiger partial charge in [0.1, 0.15) is 6.54 Å². The van der Waals surface area contributed by atoms with Crippen molar-refractivity contribution in [3.8, 4) is 0 Å². The van der Waals surface area contributed by atoms with E-state index in [1.165, 1.54) is 12.0 Å². The van der Waals surface area contributed by atoms with Crippen molar-refractivity contribution in [3.63, 3.8) is 0 Å². The highest BCUT2D eigenvalue weighted by Gasteiger charge is 2.18. The summed E-state index contributed by atoms with van der Waals surface area (Å²) in [6.07, 6.45) is 0.249. The van der Waals surface area contributed by atoms with Crippen molar-refractivity contribution in [1.29, 1.82) is 0 Å². The average molecular weight is 253 g/mol. The second-order valence-corrected chi connectivity index (χ2v) is 4.28. The number of rotatable bonds is 4. The first kappa shape index (κ1) is 14.2. The number of amides is 1. The first-order chi connectivity index (χ1) is 8.36.